The summed E-state index contributed by atoms with van der Waals surface area (Å²) in [7, 11) is 0. The van der Waals surface area contributed by atoms with Gasteiger partial charge in [0.1, 0.15) is 11.6 Å². The van der Waals surface area contributed by atoms with Crippen LogP contribution in [0.5, 0.6) is 5.75 Å². The molecule has 0 aliphatic heterocycles. The second-order valence-electron chi connectivity index (χ2n) is 6.16. The Hall–Kier alpha value is -3.00. The van der Waals surface area contributed by atoms with Crippen LogP contribution in [0.2, 0.25) is 5.02 Å². The number of alkyl halides is 3. The van der Waals surface area contributed by atoms with Crippen molar-refractivity contribution in [3.8, 4) is 17.0 Å². The zero-order valence-corrected chi connectivity index (χ0v) is 16.4. The number of rotatable bonds is 6. The van der Waals surface area contributed by atoms with E-state index in [1.54, 1.807) is 18.2 Å². The number of hydrogen-bond acceptors (Lipinski definition) is 5. The van der Waals surface area contributed by atoms with Crippen LogP contribution in [0.25, 0.3) is 11.3 Å². The van der Waals surface area contributed by atoms with E-state index >= 15 is 0 Å². The lowest BCUT2D eigenvalue weighted by atomic mass is 10.1. The molecule has 0 bridgehead atoms. The maximum Gasteiger partial charge on any atom is 0.573 e. The van der Waals surface area contributed by atoms with E-state index in [4.69, 9.17) is 11.6 Å². The lowest BCUT2D eigenvalue weighted by Crippen LogP contribution is -2.17. The van der Waals surface area contributed by atoms with Crippen LogP contribution in [0.3, 0.4) is 0 Å². The van der Waals surface area contributed by atoms with Crippen molar-refractivity contribution in [2.24, 2.45) is 0 Å². The molecule has 5 nitrogen and oxygen atoms in total. The number of aromatic nitrogens is 2. The highest BCUT2D eigenvalue weighted by Crippen LogP contribution is 2.29. The number of anilines is 3. The van der Waals surface area contributed by atoms with E-state index in [9.17, 15) is 13.2 Å². The average Bonchev–Trinajstić information content (AvgIpc) is 2.64. The van der Waals surface area contributed by atoms with Gasteiger partial charge in [-0.2, -0.15) is 4.98 Å². The summed E-state index contributed by atoms with van der Waals surface area (Å²) in [6.07, 6.45) is -4.77. The number of halogens is 4. The summed E-state index contributed by atoms with van der Waals surface area (Å²) < 4.78 is 41.6. The molecule has 152 valence electrons. The van der Waals surface area contributed by atoms with Gasteiger partial charge in [0.2, 0.25) is 5.95 Å². The molecular weight excluding hydrogens is 405 g/mol. The van der Waals surface area contributed by atoms with Crippen molar-refractivity contribution >= 4 is 29.1 Å². The van der Waals surface area contributed by atoms with Gasteiger partial charge in [-0.3, -0.25) is 0 Å². The third-order valence-electron chi connectivity index (χ3n) is 3.85. The minimum absolute atomic E-state index is 0.318. The van der Waals surface area contributed by atoms with Crippen molar-refractivity contribution in [2.75, 3.05) is 17.2 Å². The van der Waals surface area contributed by atoms with E-state index < -0.39 is 6.36 Å². The van der Waals surface area contributed by atoms with E-state index in [1.165, 1.54) is 18.2 Å². The molecular formula is C20H18ClF3N4O. The quantitative estimate of drug-likeness (QED) is 0.496. The number of hydrogen-bond donors (Lipinski definition) is 2. The Kier molecular flexibility index (Phi) is 6.12. The summed E-state index contributed by atoms with van der Waals surface area (Å²) in [4.78, 5) is 8.78. The summed E-state index contributed by atoms with van der Waals surface area (Å²) in [5.41, 5.74) is 2.57. The van der Waals surface area contributed by atoms with Crippen LogP contribution >= 0.6 is 11.6 Å². The van der Waals surface area contributed by atoms with Crippen molar-refractivity contribution in [1.29, 1.82) is 0 Å². The van der Waals surface area contributed by atoms with Gasteiger partial charge in [-0.05, 0) is 49.7 Å². The topological polar surface area (TPSA) is 59.1 Å². The Morgan fingerprint density at radius 1 is 1.07 bits per heavy atom. The smallest absolute Gasteiger partial charge is 0.406 e. The minimum Gasteiger partial charge on any atom is -0.406 e. The molecule has 2 aromatic carbocycles. The van der Waals surface area contributed by atoms with Gasteiger partial charge in [0.25, 0.3) is 0 Å². The number of benzene rings is 2. The lowest BCUT2D eigenvalue weighted by Gasteiger charge is -2.13. The van der Waals surface area contributed by atoms with E-state index in [0.717, 1.165) is 11.3 Å². The fraction of sp³-hybridized carbons (Fsp3) is 0.200. The summed E-state index contributed by atoms with van der Waals surface area (Å²) >= 11 is 6.06. The predicted octanol–water partition coefficient (Wildman–Crippen LogP) is 6.18. The van der Waals surface area contributed by atoms with Crippen LogP contribution < -0.4 is 15.4 Å². The Morgan fingerprint density at radius 2 is 1.86 bits per heavy atom. The molecule has 0 saturated carbocycles. The highest BCUT2D eigenvalue weighted by atomic mass is 35.5. The highest BCUT2D eigenvalue weighted by molar-refractivity contribution is 6.31. The molecule has 9 heteroatoms. The van der Waals surface area contributed by atoms with Gasteiger partial charge in [0.05, 0.1) is 5.69 Å². The molecule has 3 aromatic rings. The van der Waals surface area contributed by atoms with Crippen LogP contribution in [-0.4, -0.2) is 22.9 Å². The van der Waals surface area contributed by atoms with E-state index in [0.29, 0.717) is 34.6 Å². The fourth-order valence-electron chi connectivity index (χ4n) is 2.62. The molecule has 0 fully saturated rings. The second-order valence-corrected chi connectivity index (χ2v) is 6.56. The van der Waals surface area contributed by atoms with Crippen molar-refractivity contribution in [3.63, 3.8) is 0 Å². The van der Waals surface area contributed by atoms with Gasteiger partial charge in [-0.1, -0.05) is 23.7 Å². The Morgan fingerprint density at radius 3 is 2.55 bits per heavy atom. The van der Waals surface area contributed by atoms with Gasteiger partial charge in [0.15, 0.2) is 0 Å². The van der Waals surface area contributed by atoms with Crippen molar-refractivity contribution in [1.82, 2.24) is 9.97 Å². The molecule has 0 aliphatic carbocycles. The van der Waals surface area contributed by atoms with E-state index in [1.807, 2.05) is 26.0 Å². The van der Waals surface area contributed by atoms with Crippen molar-refractivity contribution in [3.05, 3.63) is 59.1 Å². The monoisotopic (exact) mass is 422 g/mol. The Balaban J connectivity index is 1.96. The molecule has 0 spiro atoms. The summed E-state index contributed by atoms with van der Waals surface area (Å²) in [6.45, 7) is 4.36. The van der Waals surface area contributed by atoms with Crippen LogP contribution in [0.15, 0.2) is 48.5 Å². The van der Waals surface area contributed by atoms with Crippen LogP contribution in [-0.2, 0) is 0 Å². The third-order valence-corrected chi connectivity index (χ3v) is 4.28. The van der Waals surface area contributed by atoms with Crippen molar-refractivity contribution in [2.45, 2.75) is 20.2 Å². The summed E-state index contributed by atoms with van der Waals surface area (Å²) in [5.74, 6) is 0.511. The fourth-order valence-corrected chi connectivity index (χ4v) is 2.74. The summed E-state index contributed by atoms with van der Waals surface area (Å²) in [6, 6.07) is 12.7. The number of ether oxygens (including phenoxy) is 1. The van der Waals surface area contributed by atoms with Gasteiger partial charge >= 0.3 is 6.36 Å². The third kappa shape index (κ3) is 5.74. The van der Waals surface area contributed by atoms with Gasteiger partial charge in [-0.15, -0.1) is 13.2 Å². The van der Waals surface area contributed by atoms with Crippen LogP contribution in [0.4, 0.5) is 30.6 Å². The normalized spacial score (nSPS) is 11.2. The van der Waals surface area contributed by atoms with Crippen LogP contribution in [0, 0.1) is 6.92 Å². The number of aryl methyl sites for hydroxylation is 1. The first-order valence-corrected chi connectivity index (χ1v) is 9.13. The Labute approximate surface area is 170 Å². The molecule has 0 saturated heterocycles. The molecule has 1 heterocycles. The summed E-state index contributed by atoms with van der Waals surface area (Å²) in [5, 5.41) is 6.84. The first-order valence-electron chi connectivity index (χ1n) is 8.76. The van der Waals surface area contributed by atoms with E-state index in [-0.39, 0.29) is 5.75 Å². The SMILES string of the molecule is CCNc1nc(Nc2ccc(Cl)c(C)c2)cc(-c2cccc(OC(F)(F)F)c2)n1. The van der Waals surface area contributed by atoms with Crippen molar-refractivity contribution < 1.29 is 17.9 Å². The molecule has 0 unspecified atom stereocenters. The average molecular weight is 423 g/mol. The van der Waals surface area contributed by atoms with Gasteiger partial charge in [-0.25, -0.2) is 4.98 Å². The maximum atomic E-state index is 12.5. The molecule has 2 N–H and O–H groups in total. The second kappa shape index (κ2) is 8.57. The highest BCUT2D eigenvalue weighted by Gasteiger charge is 2.31. The van der Waals surface area contributed by atoms with Crippen LogP contribution in [0.1, 0.15) is 12.5 Å². The number of nitrogens with zero attached hydrogens (tertiary/aromatic N) is 2. The van der Waals surface area contributed by atoms with Gasteiger partial charge in [0, 0.05) is 28.9 Å². The molecule has 0 atom stereocenters. The van der Waals surface area contributed by atoms with Gasteiger partial charge < -0.3 is 15.4 Å². The Bertz CT molecular complexity index is 1010. The molecule has 29 heavy (non-hydrogen) atoms. The zero-order valence-electron chi connectivity index (χ0n) is 15.6. The lowest BCUT2D eigenvalue weighted by molar-refractivity contribution is -0.274. The minimum atomic E-state index is -4.77. The standard InChI is InChI=1S/C20H18ClF3N4O/c1-3-25-19-27-17(13-5-4-6-15(10-13)29-20(22,23)24)11-18(28-19)26-14-7-8-16(21)12(2)9-14/h4-11H,3H2,1-2H3,(H2,25,26,27,28). The van der Waals surface area contributed by atoms with E-state index in [2.05, 4.69) is 25.3 Å². The molecule has 0 aliphatic rings. The molecule has 0 radical (unpaired) electrons. The predicted molar refractivity (Wildman–Crippen MR) is 108 cm³/mol. The first kappa shape index (κ1) is 20.7. The molecule has 1 aromatic heterocycles. The molecule has 3 rings (SSSR count). The number of nitrogens with one attached hydrogen (secondary N) is 2. The first-order chi connectivity index (χ1) is 13.7. The maximum absolute atomic E-state index is 12.5. The largest absolute Gasteiger partial charge is 0.573 e. The molecule has 0 amide bonds. The zero-order chi connectivity index (χ0) is 21.0.